The van der Waals surface area contributed by atoms with Gasteiger partial charge in [0.2, 0.25) is 5.91 Å². The van der Waals surface area contributed by atoms with Crippen molar-refractivity contribution in [3.05, 3.63) is 35.9 Å². The summed E-state index contributed by atoms with van der Waals surface area (Å²) >= 11 is 1.86. The molecule has 1 aromatic carbocycles. The van der Waals surface area contributed by atoms with E-state index in [1.54, 1.807) is 0 Å². The van der Waals surface area contributed by atoms with E-state index in [9.17, 15) is 4.79 Å². The average molecular weight is 276 g/mol. The molecule has 1 aromatic rings. The van der Waals surface area contributed by atoms with Gasteiger partial charge in [-0.3, -0.25) is 4.79 Å². The number of nitriles is 1. The second-order valence-electron chi connectivity index (χ2n) is 4.37. The van der Waals surface area contributed by atoms with Crippen LogP contribution >= 0.6 is 11.8 Å². The van der Waals surface area contributed by atoms with Crippen LogP contribution in [0.15, 0.2) is 30.3 Å². The topological polar surface area (TPSA) is 52.9 Å². The highest BCUT2D eigenvalue weighted by Crippen LogP contribution is 2.15. The number of carbonyl (C=O) groups excluding carboxylic acids is 1. The van der Waals surface area contributed by atoms with Crippen LogP contribution in [0.1, 0.15) is 31.7 Å². The Balaban J connectivity index is 2.54. The van der Waals surface area contributed by atoms with Crippen molar-refractivity contribution in [3.8, 4) is 6.07 Å². The molecule has 2 unspecified atom stereocenters. The molecule has 0 aromatic heterocycles. The molecule has 0 bridgehead atoms. The minimum atomic E-state index is -0.720. The number of hydrogen-bond acceptors (Lipinski definition) is 3. The van der Waals surface area contributed by atoms with Gasteiger partial charge in [0.1, 0.15) is 5.92 Å². The van der Waals surface area contributed by atoms with Gasteiger partial charge in [-0.2, -0.15) is 17.0 Å². The molecule has 0 fully saturated rings. The lowest BCUT2D eigenvalue weighted by atomic mass is 9.99. The van der Waals surface area contributed by atoms with Crippen molar-refractivity contribution in [1.29, 1.82) is 5.26 Å². The highest BCUT2D eigenvalue weighted by molar-refractivity contribution is 7.99. The summed E-state index contributed by atoms with van der Waals surface area (Å²) in [5.41, 5.74) is 0.748. The van der Waals surface area contributed by atoms with Crippen molar-refractivity contribution in [2.75, 3.05) is 11.5 Å². The number of rotatable bonds is 7. The van der Waals surface area contributed by atoms with Crippen LogP contribution in [0.5, 0.6) is 0 Å². The first kappa shape index (κ1) is 15.6. The minimum Gasteiger partial charge on any atom is -0.352 e. The number of hydrogen-bond donors (Lipinski definition) is 1. The smallest absolute Gasteiger partial charge is 0.242 e. The van der Waals surface area contributed by atoms with Crippen molar-refractivity contribution in [1.82, 2.24) is 5.32 Å². The van der Waals surface area contributed by atoms with Crippen LogP contribution in [0, 0.1) is 11.3 Å². The Morgan fingerprint density at radius 1 is 1.42 bits per heavy atom. The molecule has 4 heteroatoms. The highest BCUT2D eigenvalue weighted by atomic mass is 32.2. The lowest BCUT2D eigenvalue weighted by molar-refractivity contribution is -0.122. The third-order valence-corrected chi connectivity index (χ3v) is 3.74. The Bertz CT molecular complexity index is 428. The Kier molecular flexibility index (Phi) is 7.06. The largest absolute Gasteiger partial charge is 0.352 e. The zero-order chi connectivity index (χ0) is 14.1. The summed E-state index contributed by atoms with van der Waals surface area (Å²) in [7, 11) is 0. The summed E-state index contributed by atoms with van der Waals surface area (Å²) in [4.78, 5) is 12.1. The average Bonchev–Trinajstić information content (AvgIpc) is 2.41. The van der Waals surface area contributed by atoms with Crippen LogP contribution in [-0.2, 0) is 4.79 Å². The maximum atomic E-state index is 12.1. The molecule has 0 spiro atoms. The van der Waals surface area contributed by atoms with Crippen LogP contribution in [-0.4, -0.2) is 23.5 Å². The van der Waals surface area contributed by atoms with E-state index in [4.69, 9.17) is 5.26 Å². The zero-order valence-electron chi connectivity index (χ0n) is 11.4. The van der Waals surface area contributed by atoms with Crippen molar-refractivity contribution in [3.63, 3.8) is 0 Å². The molecule has 3 nitrogen and oxygen atoms in total. The first-order valence-electron chi connectivity index (χ1n) is 6.51. The summed E-state index contributed by atoms with van der Waals surface area (Å²) in [6.45, 7) is 4.10. The molecule has 0 saturated carbocycles. The van der Waals surface area contributed by atoms with Gasteiger partial charge in [-0.25, -0.2) is 0 Å². The first-order chi connectivity index (χ1) is 9.19. The number of nitrogens with one attached hydrogen (secondary N) is 1. The molecule has 0 aliphatic rings. The van der Waals surface area contributed by atoms with Crippen molar-refractivity contribution in [2.24, 2.45) is 0 Å². The maximum Gasteiger partial charge on any atom is 0.242 e. The van der Waals surface area contributed by atoms with E-state index in [0.717, 1.165) is 23.5 Å². The molecule has 1 amide bonds. The van der Waals surface area contributed by atoms with E-state index >= 15 is 0 Å². The lowest BCUT2D eigenvalue weighted by Crippen LogP contribution is -2.36. The number of benzene rings is 1. The van der Waals surface area contributed by atoms with Crippen molar-refractivity contribution in [2.45, 2.75) is 32.2 Å². The first-order valence-corrected chi connectivity index (χ1v) is 7.67. The minimum absolute atomic E-state index is 0.103. The van der Waals surface area contributed by atoms with E-state index < -0.39 is 5.92 Å². The fourth-order valence-electron chi connectivity index (χ4n) is 1.73. The van der Waals surface area contributed by atoms with E-state index in [1.165, 1.54) is 0 Å². The maximum absolute atomic E-state index is 12.1. The third-order valence-electron chi connectivity index (χ3n) is 2.81. The third kappa shape index (κ3) is 5.35. The lowest BCUT2D eigenvalue weighted by Gasteiger charge is -2.16. The SMILES string of the molecule is CCSCCC(C)NC(=O)C(C#N)c1ccccc1. The second-order valence-corrected chi connectivity index (χ2v) is 5.76. The van der Waals surface area contributed by atoms with Gasteiger partial charge in [0.25, 0.3) is 0 Å². The molecular formula is C15H20N2OS. The fraction of sp³-hybridized carbons (Fsp3) is 0.467. The van der Waals surface area contributed by atoms with Crippen molar-refractivity contribution >= 4 is 17.7 Å². The van der Waals surface area contributed by atoms with Crippen LogP contribution in [0.4, 0.5) is 0 Å². The van der Waals surface area contributed by atoms with E-state index in [0.29, 0.717) is 0 Å². The Hall–Kier alpha value is -1.47. The Morgan fingerprint density at radius 2 is 2.11 bits per heavy atom. The molecule has 0 heterocycles. The quantitative estimate of drug-likeness (QED) is 0.779. The number of carbonyl (C=O) groups is 1. The summed E-state index contributed by atoms with van der Waals surface area (Å²) < 4.78 is 0. The molecular weight excluding hydrogens is 256 g/mol. The van der Waals surface area contributed by atoms with Gasteiger partial charge >= 0.3 is 0 Å². The summed E-state index contributed by atoms with van der Waals surface area (Å²) in [6, 6.07) is 11.4. The predicted octanol–water partition coefficient (Wildman–Crippen LogP) is 2.94. The molecule has 0 aliphatic heterocycles. The monoisotopic (exact) mass is 276 g/mol. The van der Waals surface area contributed by atoms with E-state index in [1.807, 2.05) is 49.0 Å². The van der Waals surface area contributed by atoms with Crippen LogP contribution in [0.3, 0.4) is 0 Å². The van der Waals surface area contributed by atoms with Crippen LogP contribution in [0.25, 0.3) is 0 Å². The highest BCUT2D eigenvalue weighted by Gasteiger charge is 2.21. The Morgan fingerprint density at radius 3 is 2.68 bits per heavy atom. The van der Waals surface area contributed by atoms with Crippen LogP contribution < -0.4 is 5.32 Å². The Labute approximate surface area is 119 Å². The number of thioether (sulfide) groups is 1. The van der Waals surface area contributed by atoms with E-state index in [-0.39, 0.29) is 11.9 Å². The van der Waals surface area contributed by atoms with Gasteiger partial charge in [0.05, 0.1) is 6.07 Å². The zero-order valence-corrected chi connectivity index (χ0v) is 12.2. The predicted molar refractivity (Wildman–Crippen MR) is 80.0 cm³/mol. The van der Waals surface area contributed by atoms with Gasteiger partial charge in [0.15, 0.2) is 0 Å². The van der Waals surface area contributed by atoms with Gasteiger partial charge in [-0.15, -0.1) is 0 Å². The van der Waals surface area contributed by atoms with Gasteiger partial charge in [0, 0.05) is 6.04 Å². The second kappa shape index (κ2) is 8.60. The number of amides is 1. The molecule has 102 valence electrons. The molecule has 1 rings (SSSR count). The van der Waals surface area contributed by atoms with Crippen molar-refractivity contribution < 1.29 is 4.79 Å². The molecule has 19 heavy (non-hydrogen) atoms. The van der Waals surface area contributed by atoms with Gasteiger partial charge < -0.3 is 5.32 Å². The summed E-state index contributed by atoms with van der Waals surface area (Å²) in [5.74, 6) is 1.19. The van der Waals surface area contributed by atoms with E-state index in [2.05, 4.69) is 18.3 Å². The summed E-state index contributed by atoms with van der Waals surface area (Å²) in [6.07, 6.45) is 0.928. The molecule has 0 aliphatic carbocycles. The van der Waals surface area contributed by atoms with Crippen LogP contribution in [0.2, 0.25) is 0 Å². The molecule has 0 radical (unpaired) electrons. The molecule has 0 saturated heterocycles. The normalized spacial score (nSPS) is 13.3. The molecule has 2 atom stereocenters. The number of nitrogens with zero attached hydrogens (tertiary/aromatic N) is 1. The standard InChI is InChI=1S/C15H20N2OS/c1-3-19-10-9-12(2)17-15(18)14(11-16)13-7-5-4-6-8-13/h4-8,12,14H,3,9-10H2,1-2H3,(H,17,18). The fourth-order valence-corrected chi connectivity index (χ4v) is 2.54. The molecule has 1 N–H and O–H groups in total. The van der Waals surface area contributed by atoms with Gasteiger partial charge in [-0.05, 0) is 30.4 Å². The summed E-state index contributed by atoms with van der Waals surface area (Å²) in [5, 5.41) is 12.1. The van der Waals surface area contributed by atoms with Gasteiger partial charge in [-0.1, -0.05) is 37.3 Å².